The van der Waals surface area contributed by atoms with Crippen molar-refractivity contribution in [2.75, 3.05) is 13.2 Å². The lowest BCUT2D eigenvalue weighted by Gasteiger charge is -2.12. The number of rotatable bonds is 8. The maximum absolute atomic E-state index is 12.0. The van der Waals surface area contributed by atoms with Crippen LogP contribution in [0.25, 0.3) is 0 Å². The fourth-order valence-electron chi connectivity index (χ4n) is 1.72. The third-order valence-electron chi connectivity index (χ3n) is 2.90. The van der Waals surface area contributed by atoms with Crippen LogP contribution in [0.2, 0.25) is 0 Å². The van der Waals surface area contributed by atoms with Gasteiger partial charge in [-0.1, -0.05) is 0 Å². The molecule has 2 N–H and O–H groups in total. The lowest BCUT2D eigenvalue weighted by Crippen LogP contribution is -2.23. The van der Waals surface area contributed by atoms with Crippen molar-refractivity contribution in [3.8, 4) is 0 Å². The maximum atomic E-state index is 12.0. The molecule has 11 heteroatoms. The number of alkyl halides is 3. The highest BCUT2D eigenvalue weighted by atomic mass is 19.4. The molecule has 122 valence electrons. The Hall–Kier alpha value is -2.01. The summed E-state index contributed by atoms with van der Waals surface area (Å²) >= 11 is 0. The van der Waals surface area contributed by atoms with Crippen LogP contribution < -0.4 is 5.32 Å². The number of nitrogens with one attached hydrogen (secondary N) is 2. The number of hydrogen-bond acceptors (Lipinski definition) is 6. The Morgan fingerprint density at radius 1 is 1.45 bits per heavy atom. The van der Waals surface area contributed by atoms with Crippen molar-refractivity contribution in [3.05, 3.63) is 23.8 Å². The fourth-order valence-corrected chi connectivity index (χ4v) is 1.72. The zero-order valence-corrected chi connectivity index (χ0v) is 11.8. The fraction of sp³-hybridized carbons (Fsp3) is 0.636. The third-order valence-corrected chi connectivity index (χ3v) is 2.90. The molecule has 2 aromatic heterocycles. The van der Waals surface area contributed by atoms with Gasteiger partial charge < -0.3 is 10.1 Å². The van der Waals surface area contributed by atoms with Gasteiger partial charge in [-0.2, -0.15) is 18.3 Å². The standard InChI is InChI=1S/C11H16F3N7O/c1-8(9-4-16-17-5-9)15-6-10-18-19-20-21(10)2-3-22-7-11(12,13)14/h4-5,8,15H,2-3,6-7H2,1H3,(H,16,17). The van der Waals surface area contributed by atoms with Crippen molar-refractivity contribution in [2.24, 2.45) is 0 Å². The maximum Gasteiger partial charge on any atom is 0.411 e. The van der Waals surface area contributed by atoms with E-state index in [0.717, 1.165) is 5.56 Å². The number of H-pyrrole nitrogens is 1. The zero-order chi connectivity index (χ0) is 16.0. The van der Waals surface area contributed by atoms with E-state index in [0.29, 0.717) is 12.4 Å². The Bertz CT molecular complexity index is 554. The van der Waals surface area contributed by atoms with Crippen LogP contribution in [0.3, 0.4) is 0 Å². The van der Waals surface area contributed by atoms with Crippen LogP contribution >= 0.6 is 0 Å². The van der Waals surface area contributed by atoms with Crippen LogP contribution in [0.4, 0.5) is 13.2 Å². The highest BCUT2D eigenvalue weighted by Crippen LogP contribution is 2.14. The molecular weight excluding hydrogens is 303 g/mol. The van der Waals surface area contributed by atoms with Crippen molar-refractivity contribution in [3.63, 3.8) is 0 Å². The molecule has 0 aliphatic heterocycles. The summed E-state index contributed by atoms with van der Waals surface area (Å²) in [6, 6.07) is 0.0328. The van der Waals surface area contributed by atoms with Crippen molar-refractivity contribution in [1.82, 2.24) is 35.7 Å². The predicted molar refractivity (Wildman–Crippen MR) is 68.5 cm³/mol. The molecule has 0 saturated carbocycles. The van der Waals surface area contributed by atoms with Crippen LogP contribution in [0, 0.1) is 0 Å². The molecular formula is C11H16F3N7O. The molecule has 0 aliphatic carbocycles. The van der Waals surface area contributed by atoms with Crippen LogP contribution in [-0.2, 0) is 17.8 Å². The Kier molecular flexibility index (Phi) is 5.44. The second kappa shape index (κ2) is 7.31. The van der Waals surface area contributed by atoms with E-state index in [2.05, 4.69) is 35.8 Å². The molecule has 0 radical (unpaired) electrons. The largest absolute Gasteiger partial charge is 0.411 e. The zero-order valence-electron chi connectivity index (χ0n) is 11.8. The molecule has 0 saturated heterocycles. The lowest BCUT2D eigenvalue weighted by atomic mass is 10.2. The molecule has 2 rings (SSSR count). The van der Waals surface area contributed by atoms with E-state index in [-0.39, 0.29) is 19.2 Å². The molecule has 0 spiro atoms. The van der Waals surface area contributed by atoms with Crippen molar-refractivity contribution >= 4 is 0 Å². The van der Waals surface area contributed by atoms with Crippen LogP contribution in [0.15, 0.2) is 12.4 Å². The average Bonchev–Trinajstić information content (AvgIpc) is 3.11. The van der Waals surface area contributed by atoms with Gasteiger partial charge in [0.05, 0.1) is 25.9 Å². The Morgan fingerprint density at radius 3 is 2.95 bits per heavy atom. The number of ether oxygens (including phenoxy) is 1. The SMILES string of the molecule is CC(NCc1nnnn1CCOCC(F)(F)F)c1cn[nH]c1. The number of tetrazole rings is 1. The van der Waals surface area contributed by atoms with E-state index in [1.807, 2.05) is 6.92 Å². The summed E-state index contributed by atoms with van der Waals surface area (Å²) in [5.41, 5.74) is 0.979. The lowest BCUT2D eigenvalue weighted by molar-refractivity contribution is -0.174. The second-order valence-corrected chi connectivity index (χ2v) is 4.62. The van der Waals surface area contributed by atoms with Gasteiger partial charge in [-0.25, -0.2) is 4.68 Å². The highest BCUT2D eigenvalue weighted by molar-refractivity contribution is 5.07. The molecule has 2 heterocycles. The van der Waals surface area contributed by atoms with E-state index >= 15 is 0 Å². The van der Waals surface area contributed by atoms with E-state index in [1.54, 1.807) is 12.4 Å². The van der Waals surface area contributed by atoms with Gasteiger partial charge in [-0.15, -0.1) is 5.10 Å². The van der Waals surface area contributed by atoms with Crippen molar-refractivity contribution < 1.29 is 17.9 Å². The molecule has 2 aromatic rings. The average molecular weight is 319 g/mol. The number of halogens is 3. The number of aromatic nitrogens is 6. The minimum Gasteiger partial charge on any atom is -0.370 e. The van der Waals surface area contributed by atoms with Crippen molar-refractivity contribution in [2.45, 2.75) is 32.2 Å². The molecule has 0 aliphatic rings. The first kappa shape index (κ1) is 16.4. The van der Waals surface area contributed by atoms with Gasteiger partial charge in [-0.05, 0) is 17.4 Å². The number of nitrogens with zero attached hydrogens (tertiary/aromatic N) is 5. The van der Waals surface area contributed by atoms with E-state index in [9.17, 15) is 13.2 Å². The van der Waals surface area contributed by atoms with Gasteiger partial charge in [0.15, 0.2) is 5.82 Å². The molecule has 0 fully saturated rings. The molecule has 0 bridgehead atoms. The van der Waals surface area contributed by atoms with Gasteiger partial charge in [0.25, 0.3) is 0 Å². The summed E-state index contributed by atoms with van der Waals surface area (Å²) in [6.45, 7) is 1.08. The van der Waals surface area contributed by atoms with Crippen molar-refractivity contribution in [1.29, 1.82) is 0 Å². The summed E-state index contributed by atoms with van der Waals surface area (Å²) < 4.78 is 41.8. The van der Waals surface area contributed by atoms with E-state index in [4.69, 9.17) is 0 Å². The molecule has 8 nitrogen and oxygen atoms in total. The summed E-state index contributed by atoms with van der Waals surface area (Å²) in [4.78, 5) is 0. The molecule has 1 atom stereocenters. The van der Waals surface area contributed by atoms with E-state index < -0.39 is 12.8 Å². The number of hydrogen-bond donors (Lipinski definition) is 2. The van der Waals surface area contributed by atoms with E-state index in [1.165, 1.54) is 4.68 Å². The first-order valence-electron chi connectivity index (χ1n) is 6.57. The molecule has 0 amide bonds. The van der Waals surface area contributed by atoms with Gasteiger partial charge >= 0.3 is 6.18 Å². The molecule has 1 unspecified atom stereocenters. The summed E-state index contributed by atoms with van der Waals surface area (Å²) in [6.07, 6.45) is -0.859. The first-order chi connectivity index (χ1) is 10.5. The Labute approximate surface area is 124 Å². The minimum absolute atomic E-state index is 0.0328. The summed E-state index contributed by atoms with van der Waals surface area (Å²) in [7, 11) is 0. The second-order valence-electron chi connectivity index (χ2n) is 4.62. The smallest absolute Gasteiger partial charge is 0.370 e. The van der Waals surface area contributed by atoms with Crippen LogP contribution in [-0.4, -0.2) is 49.8 Å². The molecule has 0 aromatic carbocycles. The first-order valence-corrected chi connectivity index (χ1v) is 6.57. The monoisotopic (exact) mass is 319 g/mol. The van der Waals surface area contributed by atoms with Gasteiger partial charge in [0.1, 0.15) is 6.61 Å². The summed E-state index contributed by atoms with van der Waals surface area (Å²) in [5, 5.41) is 20.9. The van der Waals surface area contributed by atoms with Crippen LogP contribution in [0.5, 0.6) is 0 Å². The van der Waals surface area contributed by atoms with Gasteiger partial charge in [0.2, 0.25) is 0 Å². The molecule has 22 heavy (non-hydrogen) atoms. The van der Waals surface area contributed by atoms with Gasteiger partial charge in [-0.3, -0.25) is 5.10 Å². The normalized spacial score (nSPS) is 13.5. The Morgan fingerprint density at radius 2 is 2.27 bits per heavy atom. The van der Waals surface area contributed by atoms with Crippen LogP contribution in [0.1, 0.15) is 24.4 Å². The Balaban J connectivity index is 1.77. The topological polar surface area (TPSA) is 93.5 Å². The highest BCUT2D eigenvalue weighted by Gasteiger charge is 2.27. The number of aromatic amines is 1. The predicted octanol–water partition coefficient (Wildman–Crippen LogP) is 0.826. The minimum atomic E-state index is -4.33. The summed E-state index contributed by atoms with van der Waals surface area (Å²) in [5.74, 6) is 0.519. The quantitative estimate of drug-likeness (QED) is 0.700. The van der Waals surface area contributed by atoms with Gasteiger partial charge in [0, 0.05) is 17.8 Å². The third kappa shape index (κ3) is 5.07.